The SMILES string of the molecule is COc1ccc(C(=O)COC(=O)c2cc(-c3cccc(N4C(=O)[C@@H]5[C@H]6CC[C@@H](C6)[C@H]5C4=O)c3)nc3ccccc23)cc1. The fourth-order valence-corrected chi connectivity index (χ4v) is 7.03. The molecule has 3 aliphatic rings. The lowest BCUT2D eigenvalue weighted by molar-refractivity contribution is -0.123. The lowest BCUT2D eigenvalue weighted by Crippen LogP contribution is -2.32. The molecule has 0 radical (unpaired) electrons. The molecule has 0 unspecified atom stereocenters. The molecule has 42 heavy (non-hydrogen) atoms. The van der Waals surface area contributed by atoms with Gasteiger partial charge in [-0.1, -0.05) is 30.3 Å². The average molecular weight is 561 g/mol. The Kier molecular flexibility index (Phi) is 6.34. The van der Waals surface area contributed by atoms with Gasteiger partial charge in [0.15, 0.2) is 12.4 Å². The van der Waals surface area contributed by atoms with E-state index in [4.69, 9.17) is 14.5 Å². The Morgan fingerprint density at radius 3 is 2.31 bits per heavy atom. The third kappa shape index (κ3) is 4.26. The van der Waals surface area contributed by atoms with Crippen LogP contribution in [0.3, 0.4) is 0 Å². The van der Waals surface area contributed by atoms with E-state index in [0.29, 0.717) is 51.0 Å². The van der Waals surface area contributed by atoms with Crippen molar-refractivity contribution in [2.75, 3.05) is 18.6 Å². The summed E-state index contributed by atoms with van der Waals surface area (Å²) < 4.78 is 10.6. The molecule has 2 bridgehead atoms. The summed E-state index contributed by atoms with van der Waals surface area (Å²) in [6.07, 6.45) is 3.01. The normalized spacial score (nSPS) is 22.5. The molecule has 3 aromatic carbocycles. The highest BCUT2D eigenvalue weighted by Crippen LogP contribution is 2.56. The zero-order chi connectivity index (χ0) is 29.0. The van der Waals surface area contributed by atoms with Crippen LogP contribution in [0.4, 0.5) is 5.69 Å². The first-order valence-electron chi connectivity index (χ1n) is 14.2. The summed E-state index contributed by atoms with van der Waals surface area (Å²) in [7, 11) is 1.54. The van der Waals surface area contributed by atoms with Gasteiger partial charge in [-0.3, -0.25) is 19.3 Å². The number of pyridine rings is 1. The minimum absolute atomic E-state index is 0.105. The number of amides is 2. The van der Waals surface area contributed by atoms with Crippen LogP contribution in [0.2, 0.25) is 0 Å². The summed E-state index contributed by atoms with van der Waals surface area (Å²) in [5.74, 6) is -0.387. The summed E-state index contributed by atoms with van der Waals surface area (Å²) in [6, 6.07) is 22.6. The van der Waals surface area contributed by atoms with E-state index in [2.05, 4.69) is 0 Å². The number of anilines is 1. The van der Waals surface area contributed by atoms with Gasteiger partial charge < -0.3 is 9.47 Å². The molecular formula is C34H28N2O6. The van der Waals surface area contributed by atoms with Gasteiger partial charge in [-0.05, 0) is 79.6 Å². The molecule has 1 aliphatic heterocycles. The minimum atomic E-state index is -0.652. The molecule has 8 heteroatoms. The van der Waals surface area contributed by atoms with Crippen LogP contribution in [-0.2, 0) is 14.3 Å². The highest BCUT2D eigenvalue weighted by Gasteiger charge is 2.61. The molecule has 3 fully saturated rings. The number of rotatable bonds is 7. The standard InChI is InChI=1S/C34H28N2O6/c1-41-24-13-11-19(12-14-24)29(37)18-42-34(40)26-17-28(35-27-8-3-2-7-25(26)27)20-5-4-6-23(16-20)36-32(38)30-21-9-10-22(15-21)31(30)33(36)39/h2-8,11-14,16-17,21-22,30-31H,9-10,15,18H2,1H3/t21-,22-,30+,31+/m0/s1. The number of ether oxygens (including phenoxy) is 2. The predicted octanol–water partition coefficient (Wildman–Crippen LogP) is 5.49. The van der Waals surface area contributed by atoms with Crippen LogP contribution in [0.5, 0.6) is 5.75 Å². The van der Waals surface area contributed by atoms with E-state index in [-0.39, 0.29) is 35.0 Å². The van der Waals surface area contributed by atoms with E-state index < -0.39 is 12.6 Å². The number of esters is 1. The van der Waals surface area contributed by atoms with Crippen molar-refractivity contribution in [3.05, 3.63) is 90.0 Å². The number of hydrogen-bond donors (Lipinski definition) is 0. The predicted molar refractivity (Wildman–Crippen MR) is 155 cm³/mol. The third-order valence-corrected chi connectivity index (χ3v) is 9.01. The number of Topliss-reactive ketones (excluding diaryl/α,β-unsaturated/α-hetero) is 1. The molecule has 4 atom stereocenters. The Bertz CT molecular complexity index is 1740. The van der Waals surface area contributed by atoms with E-state index >= 15 is 0 Å². The van der Waals surface area contributed by atoms with Gasteiger partial charge in [0.1, 0.15) is 5.75 Å². The summed E-state index contributed by atoms with van der Waals surface area (Å²) in [6.45, 7) is -0.421. The van der Waals surface area contributed by atoms with E-state index in [9.17, 15) is 19.2 Å². The molecule has 2 saturated carbocycles. The average Bonchev–Trinajstić information content (AvgIpc) is 3.72. The largest absolute Gasteiger partial charge is 0.497 e. The van der Waals surface area contributed by atoms with Gasteiger partial charge in [-0.25, -0.2) is 9.78 Å². The van der Waals surface area contributed by atoms with Crippen LogP contribution in [-0.4, -0.2) is 42.3 Å². The number of hydrogen-bond acceptors (Lipinski definition) is 7. The Balaban J connectivity index is 1.17. The zero-order valence-corrected chi connectivity index (χ0v) is 23.0. The fourth-order valence-electron chi connectivity index (χ4n) is 7.03. The second-order valence-electron chi connectivity index (χ2n) is 11.2. The van der Waals surface area contributed by atoms with Gasteiger partial charge >= 0.3 is 5.97 Å². The smallest absolute Gasteiger partial charge is 0.339 e. The Labute approximate surface area is 242 Å². The number of para-hydroxylation sites is 1. The van der Waals surface area contributed by atoms with Crippen molar-refractivity contribution >= 4 is 40.2 Å². The molecular weight excluding hydrogens is 532 g/mol. The fraction of sp³-hybridized carbons (Fsp3) is 0.265. The Morgan fingerprint density at radius 1 is 0.881 bits per heavy atom. The maximum atomic E-state index is 13.4. The van der Waals surface area contributed by atoms with Gasteiger partial charge in [-0.15, -0.1) is 0 Å². The number of aromatic nitrogens is 1. The number of carbonyl (C=O) groups is 4. The van der Waals surface area contributed by atoms with Gasteiger partial charge in [0.05, 0.1) is 41.4 Å². The van der Waals surface area contributed by atoms with Crippen LogP contribution in [0, 0.1) is 23.7 Å². The van der Waals surface area contributed by atoms with Gasteiger partial charge in [0.2, 0.25) is 11.8 Å². The van der Waals surface area contributed by atoms with E-state index in [1.54, 1.807) is 73.8 Å². The van der Waals surface area contributed by atoms with Crippen molar-refractivity contribution in [2.45, 2.75) is 19.3 Å². The second kappa shape index (κ2) is 10.2. The van der Waals surface area contributed by atoms with Crippen molar-refractivity contribution in [3.63, 3.8) is 0 Å². The molecule has 1 saturated heterocycles. The maximum Gasteiger partial charge on any atom is 0.339 e. The van der Waals surface area contributed by atoms with Gasteiger partial charge in [0, 0.05) is 16.5 Å². The maximum absolute atomic E-state index is 13.4. The van der Waals surface area contributed by atoms with E-state index in [1.807, 2.05) is 12.1 Å². The monoisotopic (exact) mass is 560 g/mol. The quantitative estimate of drug-likeness (QED) is 0.167. The van der Waals surface area contributed by atoms with Crippen LogP contribution < -0.4 is 9.64 Å². The third-order valence-electron chi connectivity index (χ3n) is 9.01. The van der Waals surface area contributed by atoms with Crippen molar-refractivity contribution in [3.8, 4) is 17.0 Å². The zero-order valence-electron chi connectivity index (χ0n) is 23.0. The van der Waals surface area contributed by atoms with Crippen LogP contribution in [0.1, 0.15) is 40.0 Å². The number of ketones is 1. The molecule has 4 aromatic rings. The number of benzene rings is 3. The van der Waals surface area contributed by atoms with Crippen molar-refractivity contribution < 1.29 is 28.7 Å². The van der Waals surface area contributed by atoms with Gasteiger partial charge in [-0.2, -0.15) is 0 Å². The Hall–Kier alpha value is -4.85. The molecule has 2 amide bonds. The minimum Gasteiger partial charge on any atom is -0.497 e. The summed E-state index contributed by atoms with van der Waals surface area (Å²) >= 11 is 0. The molecule has 0 N–H and O–H groups in total. The lowest BCUT2D eigenvalue weighted by atomic mass is 9.81. The number of nitrogens with zero attached hydrogens (tertiary/aromatic N) is 2. The van der Waals surface area contributed by atoms with Crippen molar-refractivity contribution in [1.29, 1.82) is 0 Å². The number of imide groups is 1. The van der Waals surface area contributed by atoms with Gasteiger partial charge in [0.25, 0.3) is 0 Å². The van der Waals surface area contributed by atoms with E-state index in [1.165, 1.54) is 4.90 Å². The molecule has 7 rings (SSSR count). The molecule has 210 valence electrons. The summed E-state index contributed by atoms with van der Waals surface area (Å²) in [5.41, 5.74) is 2.91. The topological polar surface area (TPSA) is 103 Å². The molecule has 8 nitrogen and oxygen atoms in total. The molecule has 2 aliphatic carbocycles. The number of fused-ring (bicyclic) bond motifs is 6. The van der Waals surface area contributed by atoms with E-state index in [0.717, 1.165) is 19.3 Å². The van der Waals surface area contributed by atoms with Crippen LogP contribution in [0.25, 0.3) is 22.2 Å². The number of carbonyl (C=O) groups excluding carboxylic acids is 4. The molecule has 1 aromatic heterocycles. The van der Waals surface area contributed by atoms with Crippen molar-refractivity contribution in [2.24, 2.45) is 23.7 Å². The highest BCUT2D eigenvalue weighted by atomic mass is 16.5. The highest BCUT2D eigenvalue weighted by molar-refractivity contribution is 6.22. The first-order chi connectivity index (χ1) is 20.4. The summed E-state index contributed by atoms with van der Waals surface area (Å²) in [5, 5.41) is 0.590. The first-order valence-corrected chi connectivity index (χ1v) is 14.2. The Morgan fingerprint density at radius 2 is 1.60 bits per heavy atom. The summed E-state index contributed by atoms with van der Waals surface area (Å²) in [4.78, 5) is 58.9. The first kappa shape index (κ1) is 26.1. The molecule has 2 heterocycles. The second-order valence-corrected chi connectivity index (χ2v) is 11.2. The van der Waals surface area contributed by atoms with Crippen LogP contribution in [0.15, 0.2) is 78.9 Å². The number of methoxy groups -OCH3 is 1. The van der Waals surface area contributed by atoms with Crippen molar-refractivity contribution in [1.82, 2.24) is 4.98 Å². The lowest BCUT2D eigenvalue weighted by Gasteiger charge is -2.19. The molecule has 0 spiro atoms. The van der Waals surface area contributed by atoms with Crippen LogP contribution >= 0.6 is 0 Å².